The van der Waals surface area contributed by atoms with Crippen LogP contribution in [0.5, 0.6) is 5.75 Å². The second-order valence-corrected chi connectivity index (χ2v) is 8.47. The molecule has 2 aliphatic rings. The Hall–Kier alpha value is -2.73. The normalized spacial score (nSPS) is 15.9. The maximum atomic E-state index is 12.0. The van der Waals surface area contributed by atoms with Crippen molar-refractivity contribution in [3.8, 4) is 5.75 Å². The molecule has 0 bridgehead atoms. The molecule has 0 atom stereocenters. The molecule has 0 spiro atoms. The molecule has 6 nitrogen and oxygen atoms in total. The average Bonchev–Trinajstić information content (AvgIpc) is 2.76. The summed E-state index contributed by atoms with van der Waals surface area (Å²) in [6.07, 6.45) is 5.55. The summed E-state index contributed by atoms with van der Waals surface area (Å²) in [6, 6.07) is 11.2. The molecule has 1 saturated carbocycles. The van der Waals surface area contributed by atoms with Gasteiger partial charge in [0.1, 0.15) is 5.75 Å². The number of halogens is 1. The van der Waals surface area contributed by atoms with Gasteiger partial charge < -0.3 is 20.3 Å². The number of methoxy groups -OCH3 is 1. The first kappa shape index (κ1) is 22.9. The second kappa shape index (κ2) is 10.5. The van der Waals surface area contributed by atoms with E-state index >= 15 is 0 Å². The zero-order chi connectivity index (χ0) is 22.4. The molecule has 2 aromatic rings. The molecule has 31 heavy (non-hydrogen) atoms. The summed E-state index contributed by atoms with van der Waals surface area (Å²) in [7, 11) is 3.37. The fourth-order valence-corrected chi connectivity index (χ4v) is 4.16. The summed E-state index contributed by atoms with van der Waals surface area (Å²) in [6.45, 7) is 2.76. The van der Waals surface area contributed by atoms with Crippen molar-refractivity contribution < 1.29 is 14.3 Å². The Kier molecular flexibility index (Phi) is 7.80. The van der Waals surface area contributed by atoms with Gasteiger partial charge in [-0.2, -0.15) is 0 Å². The maximum absolute atomic E-state index is 12.0. The smallest absolute Gasteiger partial charge is 0.321 e. The molecule has 0 saturated heterocycles. The van der Waals surface area contributed by atoms with E-state index in [0.717, 1.165) is 37.1 Å². The average molecular weight is 444 g/mol. The Balaban J connectivity index is 0.000000185. The van der Waals surface area contributed by atoms with Gasteiger partial charge in [-0.3, -0.25) is 4.79 Å². The van der Waals surface area contributed by atoms with Gasteiger partial charge in [0.05, 0.1) is 12.1 Å². The number of hydrogen-bond acceptors (Lipinski definition) is 3. The lowest BCUT2D eigenvalue weighted by atomic mass is 9.88. The predicted octanol–water partition coefficient (Wildman–Crippen LogP) is 5.84. The van der Waals surface area contributed by atoms with Crippen molar-refractivity contribution in [2.24, 2.45) is 5.92 Å². The summed E-state index contributed by atoms with van der Waals surface area (Å²) in [5.41, 5.74) is 4.12. The van der Waals surface area contributed by atoms with Crippen LogP contribution < -0.4 is 15.4 Å². The van der Waals surface area contributed by atoms with Crippen molar-refractivity contribution in [3.63, 3.8) is 0 Å². The number of carbonyl (C=O) groups excluding carboxylic acids is 2. The first-order valence-electron chi connectivity index (χ1n) is 10.6. The summed E-state index contributed by atoms with van der Waals surface area (Å²) >= 11 is 6.02. The lowest BCUT2D eigenvalue weighted by molar-refractivity contribution is -0.120. The van der Waals surface area contributed by atoms with E-state index in [9.17, 15) is 9.59 Å². The van der Waals surface area contributed by atoms with Crippen LogP contribution in [0.15, 0.2) is 36.4 Å². The number of nitrogens with zero attached hydrogens (tertiary/aromatic N) is 1. The van der Waals surface area contributed by atoms with Gasteiger partial charge in [0, 0.05) is 30.9 Å². The third-order valence-electron chi connectivity index (χ3n) is 5.79. The molecule has 1 aliphatic heterocycles. The number of nitrogens with one attached hydrogen (secondary N) is 2. The Labute approximate surface area is 188 Å². The number of ether oxygens (including phenoxy) is 1. The van der Waals surface area contributed by atoms with Gasteiger partial charge in [-0.25, -0.2) is 4.79 Å². The minimum Gasteiger partial charge on any atom is -0.495 e. The van der Waals surface area contributed by atoms with E-state index < -0.39 is 0 Å². The number of anilines is 2. The highest BCUT2D eigenvalue weighted by Crippen LogP contribution is 2.29. The number of hydrogen-bond donors (Lipinski definition) is 2. The highest BCUT2D eigenvalue weighted by Gasteiger charge is 2.21. The highest BCUT2D eigenvalue weighted by atomic mass is 35.5. The topological polar surface area (TPSA) is 70.7 Å². The van der Waals surface area contributed by atoms with E-state index in [0.29, 0.717) is 17.3 Å². The minimum atomic E-state index is -0.0295. The molecule has 3 amide bonds. The van der Waals surface area contributed by atoms with Crippen molar-refractivity contribution in [1.82, 2.24) is 4.90 Å². The molecule has 1 heterocycles. The van der Waals surface area contributed by atoms with E-state index in [1.165, 1.54) is 17.5 Å². The van der Waals surface area contributed by atoms with Crippen molar-refractivity contribution in [2.75, 3.05) is 24.8 Å². The van der Waals surface area contributed by atoms with Crippen LogP contribution in [-0.4, -0.2) is 31.0 Å². The van der Waals surface area contributed by atoms with Crippen LogP contribution in [0.2, 0.25) is 5.02 Å². The number of amides is 3. The molecule has 1 fully saturated rings. The summed E-state index contributed by atoms with van der Waals surface area (Å²) in [5.74, 6) is 0.878. The van der Waals surface area contributed by atoms with E-state index in [1.807, 2.05) is 18.2 Å². The number of benzene rings is 2. The Bertz CT molecular complexity index is 942. The molecule has 0 aromatic heterocycles. The molecule has 0 unspecified atom stereocenters. The molecular formula is C24H30ClN3O3. The fourth-order valence-electron chi connectivity index (χ4n) is 3.90. The van der Waals surface area contributed by atoms with Gasteiger partial charge in [0.2, 0.25) is 5.91 Å². The third kappa shape index (κ3) is 5.91. The van der Waals surface area contributed by atoms with Crippen molar-refractivity contribution in [3.05, 3.63) is 52.5 Å². The molecule has 2 N–H and O–H groups in total. The van der Waals surface area contributed by atoms with Gasteiger partial charge in [-0.1, -0.05) is 43.0 Å². The van der Waals surface area contributed by atoms with Crippen LogP contribution >= 0.6 is 11.6 Å². The van der Waals surface area contributed by atoms with Crippen molar-refractivity contribution in [1.29, 1.82) is 0 Å². The monoisotopic (exact) mass is 443 g/mol. The van der Waals surface area contributed by atoms with E-state index in [-0.39, 0.29) is 17.9 Å². The van der Waals surface area contributed by atoms with Crippen molar-refractivity contribution >= 4 is 34.9 Å². The van der Waals surface area contributed by atoms with Crippen LogP contribution in [-0.2, 0) is 11.3 Å². The largest absolute Gasteiger partial charge is 0.495 e. The summed E-state index contributed by atoms with van der Waals surface area (Å²) in [4.78, 5) is 25.0. The molecule has 2 aromatic carbocycles. The van der Waals surface area contributed by atoms with Crippen LogP contribution in [0.4, 0.5) is 16.2 Å². The molecule has 166 valence electrons. The third-order valence-corrected chi connectivity index (χ3v) is 6.08. The zero-order valence-corrected chi connectivity index (χ0v) is 19.1. The minimum absolute atomic E-state index is 0.0295. The Morgan fingerprint density at radius 1 is 1.19 bits per heavy atom. The quantitative estimate of drug-likeness (QED) is 0.626. The zero-order valence-electron chi connectivity index (χ0n) is 18.3. The number of fused-ring (bicyclic) bond motifs is 1. The lowest BCUT2D eigenvalue weighted by Crippen LogP contribution is -2.35. The van der Waals surface area contributed by atoms with Crippen LogP contribution in [0.25, 0.3) is 0 Å². The van der Waals surface area contributed by atoms with E-state index in [2.05, 4.69) is 23.6 Å². The standard InChI is InChI=1S/C14H18ClNO2.C10H12N2O/c1-18-13-8-7-11(9-12(13)15)16-14(17)10-5-3-2-4-6-10;1-7-4-3-5-9-8(7)6-12(2)10(13)11-9/h7-10H,2-6H2,1H3,(H,16,17);3-5H,6H2,1-2H3,(H,11,13). The van der Waals surface area contributed by atoms with Gasteiger partial charge in [-0.05, 0) is 55.2 Å². The lowest BCUT2D eigenvalue weighted by Gasteiger charge is -2.26. The Morgan fingerprint density at radius 2 is 1.94 bits per heavy atom. The SMILES string of the molecule is COc1ccc(NC(=O)C2CCCCC2)cc1Cl.Cc1cccc2c1CN(C)C(=O)N2. The fraction of sp³-hybridized carbons (Fsp3) is 0.417. The van der Waals surface area contributed by atoms with Gasteiger partial charge in [-0.15, -0.1) is 0 Å². The molecular weight excluding hydrogens is 414 g/mol. The van der Waals surface area contributed by atoms with E-state index in [4.69, 9.17) is 16.3 Å². The molecule has 4 rings (SSSR count). The summed E-state index contributed by atoms with van der Waals surface area (Å²) in [5, 5.41) is 6.28. The van der Waals surface area contributed by atoms with E-state index in [1.54, 1.807) is 31.2 Å². The molecule has 1 aliphatic carbocycles. The second-order valence-electron chi connectivity index (χ2n) is 8.06. The molecule has 0 radical (unpaired) electrons. The first-order valence-corrected chi connectivity index (χ1v) is 11.0. The van der Waals surface area contributed by atoms with Gasteiger partial charge in [0.25, 0.3) is 0 Å². The summed E-state index contributed by atoms with van der Waals surface area (Å²) < 4.78 is 5.08. The number of rotatable bonds is 3. The maximum Gasteiger partial charge on any atom is 0.321 e. The van der Waals surface area contributed by atoms with Gasteiger partial charge >= 0.3 is 6.03 Å². The first-order chi connectivity index (χ1) is 14.9. The highest BCUT2D eigenvalue weighted by molar-refractivity contribution is 6.32. The van der Waals surface area contributed by atoms with Crippen molar-refractivity contribution in [2.45, 2.75) is 45.6 Å². The molecule has 7 heteroatoms. The van der Waals surface area contributed by atoms with Crippen LogP contribution in [0.3, 0.4) is 0 Å². The van der Waals surface area contributed by atoms with Crippen LogP contribution in [0.1, 0.15) is 43.2 Å². The Morgan fingerprint density at radius 3 is 2.61 bits per heavy atom. The number of urea groups is 1. The number of aryl methyl sites for hydroxylation is 1. The van der Waals surface area contributed by atoms with Gasteiger partial charge in [0.15, 0.2) is 0 Å². The van der Waals surface area contributed by atoms with Crippen LogP contribution in [0, 0.1) is 12.8 Å². The number of carbonyl (C=O) groups is 2. The predicted molar refractivity (Wildman–Crippen MR) is 125 cm³/mol.